The molecule has 0 N–H and O–H groups in total. The summed E-state index contributed by atoms with van der Waals surface area (Å²) in [6.07, 6.45) is 1.29. The molecule has 0 aliphatic rings. The molecule has 0 rings (SSSR count). The Labute approximate surface area is 67.4 Å². The quantitative estimate of drug-likeness (QED) is 0.502. The lowest BCUT2D eigenvalue weighted by atomic mass is 10.3. The van der Waals surface area contributed by atoms with Crippen molar-refractivity contribution in [1.82, 2.24) is 0 Å². The first kappa shape index (κ1) is 9.82. The van der Waals surface area contributed by atoms with Crippen molar-refractivity contribution >= 4 is 18.6 Å². The molecule has 0 aromatic heterocycles. The summed E-state index contributed by atoms with van der Waals surface area (Å²) in [6, 6.07) is 0. The predicted molar refractivity (Wildman–Crippen MR) is 44.3 cm³/mol. The molecule has 60 valence electrons. The van der Waals surface area contributed by atoms with Crippen LogP contribution in [-0.4, -0.2) is 17.8 Å². The molecule has 0 aliphatic carbocycles. The van der Waals surface area contributed by atoms with E-state index in [9.17, 15) is 4.79 Å². The predicted octanol–water partition coefficient (Wildman–Crippen LogP) is 1.65. The molecule has 0 bridgehead atoms. The average Bonchev–Trinajstić information content (AvgIpc) is 1.82. The molecular weight excluding hydrogens is 148 g/mol. The van der Waals surface area contributed by atoms with Crippen molar-refractivity contribution in [2.24, 2.45) is 0 Å². The van der Waals surface area contributed by atoms with Crippen LogP contribution in [0.5, 0.6) is 0 Å². The average molecular weight is 162 g/mol. The van der Waals surface area contributed by atoms with Crippen LogP contribution in [0.25, 0.3) is 0 Å². The minimum absolute atomic E-state index is 0.00687. The van der Waals surface area contributed by atoms with Gasteiger partial charge in [-0.25, -0.2) is 0 Å². The second-order valence-electron chi connectivity index (χ2n) is 2.37. The normalized spacial score (nSPS) is 10.0. The van der Waals surface area contributed by atoms with Crippen LogP contribution in [0.1, 0.15) is 26.7 Å². The number of esters is 1. The van der Waals surface area contributed by atoms with Crippen LogP contribution in [0.4, 0.5) is 0 Å². The van der Waals surface area contributed by atoms with Crippen molar-refractivity contribution in [3.63, 3.8) is 0 Å². The maximum absolute atomic E-state index is 10.8. The Morgan fingerprint density at radius 3 is 2.60 bits per heavy atom. The van der Waals surface area contributed by atoms with E-state index in [1.807, 2.05) is 13.8 Å². The van der Waals surface area contributed by atoms with E-state index in [0.717, 1.165) is 12.2 Å². The van der Waals surface area contributed by atoms with Gasteiger partial charge in [0.15, 0.2) is 0 Å². The molecule has 0 aliphatic heterocycles. The van der Waals surface area contributed by atoms with Crippen molar-refractivity contribution in [2.45, 2.75) is 32.8 Å². The van der Waals surface area contributed by atoms with Gasteiger partial charge < -0.3 is 4.74 Å². The molecule has 0 spiro atoms. The van der Waals surface area contributed by atoms with E-state index in [4.69, 9.17) is 4.74 Å². The fraction of sp³-hybridized carbons (Fsp3) is 0.857. The van der Waals surface area contributed by atoms with Crippen LogP contribution < -0.4 is 0 Å². The number of carbonyl (C=O) groups is 1. The third-order valence-electron chi connectivity index (χ3n) is 0.906. The minimum Gasteiger partial charge on any atom is -0.463 e. The molecule has 0 atom stereocenters. The highest BCUT2D eigenvalue weighted by Gasteiger charge is 2.02. The van der Waals surface area contributed by atoms with Crippen molar-refractivity contribution in [3.8, 4) is 0 Å². The van der Waals surface area contributed by atoms with E-state index in [-0.39, 0.29) is 12.1 Å². The number of hydrogen-bond acceptors (Lipinski definition) is 3. The molecule has 0 amide bonds. The third kappa shape index (κ3) is 5.95. The molecule has 0 unspecified atom stereocenters. The molecule has 0 heterocycles. The van der Waals surface area contributed by atoms with Crippen molar-refractivity contribution < 1.29 is 9.53 Å². The summed E-state index contributed by atoms with van der Waals surface area (Å²) in [4.78, 5) is 10.8. The number of thiol groups is 1. The molecule has 0 saturated heterocycles. The first-order valence-electron chi connectivity index (χ1n) is 3.47. The molecule has 0 aromatic carbocycles. The van der Waals surface area contributed by atoms with Gasteiger partial charge in [0.1, 0.15) is 0 Å². The summed E-state index contributed by atoms with van der Waals surface area (Å²) >= 11 is 3.98. The molecule has 3 heteroatoms. The first-order chi connectivity index (χ1) is 4.66. The molecule has 0 radical (unpaired) electrons. The number of rotatable bonds is 4. The van der Waals surface area contributed by atoms with Gasteiger partial charge in [-0.15, -0.1) is 0 Å². The minimum atomic E-state index is -0.121. The Balaban J connectivity index is 3.26. The molecule has 0 fully saturated rings. The second kappa shape index (κ2) is 5.59. The number of ether oxygens (including phenoxy) is 1. The van der Waals surface area contributed by atoms with Crippen LogP contribution in [0.2, 0.25) is 0 Å². The maximum atomic E-state index is 10.8. The van der Waals surface area contributed by atoms with Crippen molar-refractivity contribution in [1.29, 1.82) is 0 Å². The van der Waals surface area contributed by atoms with E-state index >= 15 is 0 Å². The van der Waals surface area contributed by atoms with Crippen LogP contribution in [0.15, 0.2) is 0 Å². The Hall–Kier alpha value is -0.180. The highest BCUT2D eigenvalue weighted by molar-refractivity contribution is 7.80. The Kier molecular flexibility index (Phi) is 5.49. The van der Waals surface area contributed by atoms with E-state index in [1.54, 1.807) is 0 Å². The highest BCUT2D eigenvalue weighted by Crippen LogP contribution is 1.97. The zero-order valence-corrected chi connectivity index (χ0v) is 7.36. The molecule has 2 nitrogen and oxygen atoms in total. The van der Waals surface area contributed by atoms with E-state index in [0.29, 0.717) is 6.42 Å². The summed E-state index contributed by atoms with van der Waals surface area (Å²) in [7, 11) is 0. The summed E-state index contributed by atoms with van der Waals surface area (Å²) in [5.41, 5.74) is 0. The molecule has 10 heavy (non-hydrogen) atoms. The van der Waals surface area contributed by atoms with Crippen LogP contribution >= 0.6 is 12.6 Å². The van der Waals surface area contributed by atoms with Gasteiger partial charge in [-0.05, 0) is 26.0 Å². The van der Waals surface area contributed by atoms with Gasteiger partial charge in [-0.1, -0.05) is 0 Å². The molecule has 0 saturated carbocycles. The molecule has 0 aromatic rings. The third-order valence-corrected chi connectivity index (χ3v) is 1.22. The van der Waals surface area contributed by atoms with Gasteiger partial charge in [0.25, 0.3) is 0 Å². The van der Waals surface area contributed by atoms with Gasteiger partial charge in [0, 0.05) is 6.42 Å². The fourth-order valence-corrected chi connectivity index (χ4v) is 0.703. The SMILES string of the molecule is CC(C)OC(=O)CCCS. The van der Waals surface area contributed by atoms with Crippen LogP contribution in [0.3, 0.4) is 0 Å². The number of hydrogen-bond donors (Lipinski definition) is 1. The fourth-order valence-electron chi connectivity index (χ4n) is 0.545. The lowest BCUT2D eigenvalue weighted by Gasteiger charge is -2.06. The summed E-state index contributed by atoms with van der Waals surface area (Å²) in [6.45, 7) is 3.69. The smallest absolute Gasteiger partial charge is 0.306 e. The van der Waals surface area contributed by atoms with Gasteiger partial charge in [-0.2, -0.15) is 12.6 Å². The van der Waals surface area contributed by atoms with Gasteiger partial charge >= 0.3 is 5.97 Å². The van der Waals surface area contributed by atoms with E-state index in [1.165, 1.54) is 0 Å². The first-order valence-corrected chi connectivity index (χ1v) is 4.10. The van der Waals surface area contributed by atoms with Crippen molar-refractivity contribution in [2.75, 3.05) is 5.75 Å². The molecular formula is C7H14O2S. The van der Waals surface area contributed by atoms with Gasteiger partial charge in [0.05, 0.1) is 6.10 Å². The van der Waals surface area contributed by atoms with Crippen LogP contribution in [0, 0.1) is 0 Å². The topological polar surface area (TPSA) is 26.3 Å². The standard InChI is InChI=1S/C7H14O2S/c1-6(2)9-7(8)4-3-5-10/h6,10H,3-5H2,1-2H3. The van der Waals surface area contributed by atoms with E-state index in [2.05, 4.69) is 12.6 Å². The van der Waals surface area contributed by atoms with Crippen LogP contribution in [-0.2, 0) is 9.53 Å². The second-order valence-corrected chi connectivity index (χ2v) is 2.81. The zero-order chi connectivity index (χ0) is 7.98. The summed E-state index contributed by atoms with van der Waals surface area (Å²) < 4.78 is 4.88. The maximum Gasteiger partial charge on any atom is 0.306 e. The summed E-state index contributed by atoms with van der Waals surface area (Å²) in [5, 5.41) is 0. The Morgan fingerprint density at radius 2 is 2.20 bits per heavy atom. The largest absolute Gasteiger partial charge is 0.463 e. The highest BCUT2D eigenvalue weighted by atomic mass is 32.1. The summed E-state index contributed by atoms with van der Waals surface area (Å²) in [5.74, 6) is 0.622. The zero-order valence-electron chi connectivity index (χ0n) is 6.46. The van der Waals surface area contributed by atoms with Gasteiger partial charge in [0.2, 0.25) is 0 Å². The van der Waals surface area contributed by atoms with Gasteiger partial charge in [-0.3, -0.25) is 4.79 Å². The lowest BCUT2D eigenvalue weighted by Crippen LogP contribution is -2.10. The van der Waals surface area contributed by atoms with E-state index < -0.39 is 0 Å². The Morgan fingerprint density at radius 1 is 1.60 bits per heavy atom. The Bertz CT molecular complexity index is 102. The van der Waals surface area contributed by atoms with Crippen molar-refractivity contribution in [3.05, 3.63) is 0 Å². The lowest BCUT2D eigenvalue weighted by molar-refractivity contribution is -0.147. The number of carbonyl (C=O) groups excluding carboxylic acids is 1. The monoisotopic (exact) mass is 162 g/mol.